The van der Waals surface area contributed by atoms with Crippen LogP contribution in [-0.4, -0.2) is 23.1 Å². The summed E-state index contributed by atoms with van der Waals surface area (Å²) in [7, 11) is 0. The second-order valence-electron chi connectivity index (χ2n) is 2.15. The van der Waals surface area contributed by atoms with Gasteiger partial charge in [0.25, 0.3) is 0 Å². The van der Waals surface area contributed by atoms with Gasteiger partial charge in [0.05, 0.1) is 0 Å². The average molecular weight is 135 g/mol. The summed E-state index contributed by atoms with van der Waals surface area (Å²) < 4.78 is 0. The predicted octanol–water partition coefficient (Wildman–Crippen LogP) is 2.39. The molecule has 0 aliphatic rings. The van der Waals surface area contributed by atoms with Gasteiger partial charge >= 0.3 is 23.1 Å². The molecule has 48 valence electrons. The third-order valence-electron chi connectivity index (χ3n) is 0. The van der Waals surface area contributed by atoms with Crippen molar-refractivity contribution in [3.05, 3.63) is 24.3 Å². The van der Waals surface area contributed by atoms with Gasteiger partial charge in [-0.2, -0.15) is 0 Å². The fourth-order valence-corrected chi connectivity index (χ4v) is 0. The van der Waals surface area contributed by atoms with E-state index in [9.17, 15) is 0 Å². The monoisotopic (exact) mass is 134 g/mol. The van der Waals surface area contributed by atoms with Gasteiger partial charge in [-0.1, -0.05) is 27.7 Å². The molecule has 1 heteroatoms. The van der Waals surface area contributed by atoms with E-state index in [0.717, 1.165) is 11.1 Å². The van der Waals surface area contributed by atoms with Crippen molar-refractivity contribution in [1.29, 1.82) is 0 Å². The first-order chi connectivity index (χ1) is 3.46. The van der Waals surface area contributed by atoms with Gasteiger partial charge in [0.15, 0.2) is 0 Å². The molecule has 0 fully saturated rings. The fraction of sp³-hybridized carbons (Fsp3) is 0.500. The quantitative estimate of drug-likeness (QED) is 0.353. The Morgan fingerprint density at radius 2 is 0.778 bits per heavy atom. The molecule has 0 bridgehead atoms. The molecule has 0 saturated carbocycles. The van der Waals surface area contributed by atoms with E-state index in [-0.39, 0.29) is 23.1 Å². The van der Waals surface area contributed by atoms with Gasteiger partial charge in [-0.25, -0.2) is 0 Å². The topological polar surface area (TPSA) is 0 Å². The Kier molecular flexibility index (Phi) is 19.9. The van der Waals surface area contributed by atoms with E-state index < -0.39 is 0 Å². The van der Waals surface area contributed by atoms with E-state index in [2.05, 4.69) is 0 Å². The molecule has 0 aromatic heterocycles. The van der Waals surface area contributed by atoms with Crippen LogP contribution in [0, 0.1) is 13.2 Å². The Morgan fingerprint density at radius 1 is 0.778 bits per heavy atom. The van der Waals surface area contributed by atoms with Crippen LogP contribution >= 0.6 is 0 Å². The molecule has 0 aliphatic heterocycles. The minimum absolute atomic E-state index is 0. The molecule has 0 radical (unpaired) electrons. The Hall–Kier alpha value is 0.246. The van der Waals surface area contributed by atoms with Crippen molar-refractivity contribution in [3.63, 3.8) is 0 Å². The molecule has 0 spiro atoms. The van der Waals surface area contributed by atoms with Crippen molar-refractivity contribution >= 4 is 23.1 Å². The normalized spacial score (nSPS) is 5.78. The van der Waals surface area contributed by atoms with E-state index in [1.165, 1.54) is 0 Å². The van der Waals surface area contributed by atoms with Crippen LogP contribution < -0.4 is 0 Å². The van der Waals surface area contributed by atoms with E-state index in [4.69, 9.17) is 13.2 Å². The molecule has 0 heterocycles. The summed E-state index contributed by atoms with van der Waals surface area (Å²) in [5.74, 6) is 0. The van der Waals surface area contributed by atoms with Crippen molar-refractivity contribution in [2.45, 2.75) is 27.7 Å². The van der Waals surface area contributed by atoms with Crippen LogP contribution in [0.2, 0.25) is 0 Å². The first kappa shape index (κ1) is 16.1. The van der Waals surface area contributed by atoms with Crippen molar-refractivity contribution in [1.82, 2.24) is 0 Å². The van der Waals surface area contributed by atoms with Crippen molar-refractivity contribution in [3.8, 4) is 0 Å². The van der Waals surface area contributed by atoms with Gasteiger partial charge in [-0.05, 0) is 0 Å². The van der Waals surface area contributed by atoms with Gasteiger partial charge in [0.2, 0.25) is 0 Å². The predicted molar refractivity (Wildman–Crippen MR) is 44.1 cm³/mol. The first-order valence-electron chi connectivity index (χ1n) is 2.58. The van der Waals surface area contributed by atoms with Crippen LogP contribution in [0.4, 0.5) is 0 Å². The Labute approximate surface area is 75.2 Å². The van der Waals surface area contributed by atoms with Crippen molar-refractivity contribution in [2.24, 2.45) is 0 Å². The minimum Gasteiger partial charge on any atom is -0.515 e. The smallest absolute Gasteiger partial charge is 0.515 e. The Morgan fingerprint density at radius 3 is 0.778 bits per heavy atom. The molecule has 0 atom stereocenters. The van der Waals surface area contributed by atoms with E-state index in [0.29, 0.717) is 0 Å². The molecule has 0 aromatic rings. The Balaban J connectivity index is -0.0000000720. The van der Waals surface area contributed by atoms with Gasteiger partial charge < -0.3 is 13.2 Å². The summed E-state index contributed by atoms with van der Waals surface area (Å²) in [5.41, 5.74) is 1.83. The standard InChI is InChI=1S/2C4H7.Mg/c2*1-4(2)3;/h2*1H,2-3H3;/q2*-1;+2. The third-order valence-corrected chi connectivity index (χ3v) is 0. The second kappa shape index (κ2) is 11.1. The zero-order valence-electron chi connectivity index (χ0n) is 6.86. The maximum absolute atomic E-state index is 5.03. The van der Waals surface area contributed by atoms with Gasteiger partial charge in [-0.15, -0.1) is 0 Å². The summed E-state index contributed by atoms with van der Waals surface area (Å²) in [6.07, 6.45) is 0. The summed E-state index contributed by atoms with van der Waals surface area (Å²) in [6.45, 7) is 17.5. The summed E-state index contributed by atoms with van der Waals surface area (Å²) >= 11 is 0. The van der Waals surface area contributed by atoms with Crippen LogP contribution in [0.1, 0.15) is 27.7 Å². The molecule has 0 rings (SSSR count). The van der Waals surface area contributed by atoms with Crippen molar-refractivity contribution in [2.75, 3.05) is 0 Å². The minimum atomic E-state index is 0. The average Bonchev–Trinajstić information content (AvgIpc) is 1.25. The number of allylic oxidation sites excluding steroid dienone is 2. The Bertz CT molecular complexity index is 62.6. The van der Waals surface area contributed by atoms with Crippen LogP contribution in [0.15, 0.2) is 11.1 Å². The van der Waals surface area contributed by atoms with E-state index in [1.807, 2.05) is 27.7 Å². The van der Waals surface area contributed by atoms with Crippen molar-refractivity contribution < 1.29 is 0 Å². The van der Waals surface area contributed by atoms with Gasteiger partial charge in [-0.3, -0.25) is 11.1 Å². The van der Waals surface area contributed by atoms with Gasteiger partial charge in [0, 0.05) is 0 Å². The third kappa shape index (κ3) is 5310. The molecule has 0 unspecified atom stereocenters. The largest absolute Gasteiger partial charge is 2.00 e. The fourth-order valence-electron chi connectivity index (χ4n) is 0. The van der Waals surface area contributed by atoms with Crippen LogP contribution in [-0.2, 0) is 0 Å². The molecule has 0 aliphatic carbocycles. The number of hydrogen-bond donors (Lipinski definition) is 0. The molecule has 0 N–H and O–H groups in total. The second-order valence-corrected chi connectivity index (χ2v) is 2.15. The van der Waals surface area contributed by atoms with Crippen LogP contribution in [0.25, 0.3) is 0 Å². The molecule has 0 aromatic carbocycles. The summed E-state index contributed by atoms with van der Waals surface area (Å²) in [4.78, 5) is 0. The van der Waals surface area contributed by atoms with E-state index >= 15 is 0 Å². The molecule has 0 nitrogen and oxygen atoms in total. The summed E-state index contributed by atoms with van der Waals surface area (Å²) in [6, 6.07) is 0. The zero-order chi connectivity index (χ0) is 7.15. The molecule has 0 saturated heterocycles. The van der Waals surface area contributed by atoms with Crippen LogP contribution in [0.5, 0.6) is 0 Å². The summed E-state index contributed by atoms with van der Waals surface area (Å²) in [5, 5.41) is 0. The van der Waals surface area contributed by atoms with E-state index in [1.54, 1.807) is 0 Å². The molecule has 9 heavy (non-hydrogen) atoms. The maximum Gasteiger partial charge on any atom is 2.00 e. The molecule has 0 amide bonds. The van der Waals surface area contributed by atoms with Gasteiger partial charge in [0.1, 0.15) is 0 Å². The zero-order valence-corrected chi connectivity index (χ0v) is 8.28. The molecular weight excluding hydrogens is 120 g/mol. The maximum atomic E-state index is 5.03. The molecular formula is C8H14Mg. The SMILES string of the molecule is [CH-]=C(C)C.[CH-]=C(C)C.[Mg+2]. The first-order valence-corrected chi connectivity index (χ1v) is 2.58. The van der Waals surface area contributed by atoms with Crippen LogP contribution in [0.3, 0.4) is 0 Å². The number of hydrogen-bond acceptors (Lipinski definition) is 0. The number of rotatable bonds is 0.